The first kappa shape index (κ1) is 29.2. The molecule has 0 bridgehead atoms. The summed E-state index contributed by atoms with van der Waals surface area (Å²) in [6.45, 7) is 8.89. The molecule has 1 unspecified atom stereocenters. The highest BCUT2D eigenvalue weighted by molar-refractivity contribution is 6.09. The molecule has 1 atom stereocenters. The Morgan fingerprint density at radius 1 is 0.892 bits per heavy atom. The minimum atomic E-state index is -1.15. The zero-order valence-electron chi connectivity index (χ0n) is 22.0. The normalized spacial score (nSPS) is 11.5. The summed E-state index contributed by atoms with van der Waals surface area (Å²) in [4.78, 5) is 34.3. The molecule has 0 aliphatic rings. The molecule has 37 heavy (non-hydrogen) atoms. The van der Waals surface area contributed by atoms with E-state index < -0.39 is 11.9 Å². The van der Waals surface area contributed by atoms with Crippen LogP contribution in [0, 0.1) is 0 Å². The summed E-state index contributed by atoms with van der Waals surface area (Å²) >= 11 is 0. The lowest BCUT2D eigenvalue weighted by Gasteiger charge is -2.29. The van der Waals surface area contributed by atoms with Crippen molar-refractivity contribution in [2.24, 2.45) is 0 Å². The molecule has 0 aliphatic carbocycles. The molecule has 194 valence electrons. The molecule has 0 heterocycles. The average Bonchev–Trinajstić information content (AvgIpc) is 2.88. The predicted molar refractivity (Wildman–Crippen MR) is 143 cm³/mol. The van der Waals surface area contributed by atoms with Crippen molar-refractivity contribution in [1.29, 1.82) is 0 Å². The first-order valence-electron chi connectivity index (χ1n) is 12.1. The fourth-order valence-corrected chi connectivity index (χ4v) is 3.51. The quantitative estimate of drug-likeness (QED) is 0.180. The van der Waals surface area contributed by atoms with Gasteiger partial charge in [-0.25, -0.2) is 4.79 Å². The van der Waals surface area contributed by atoms with Crippen molar-refractivity contribution >= 4 is 17.7 Å². The Kier molecular flexibility index (Phi) is 11.0. The zero-order chi connectivity index (χ0) is 27.4. The fourth-order valence-electron chi connectivity index (χ4n) is 3.51. The molecule has 0 amide bonds. The van der Waals surface area contributed by atoms with Crippen molar-refractivity contribution in [2.45, 2.75) is 26.3 Å². The highest BCUT2D eigenvalue weighted by atomic mass is 16.5. The molecule has 0 aliphatic heterocycles. The van der Waals surface area contributed by atoms with Gasteiger partial charge in [0.15, 0.2) is 5.78 Å². The first-order chi connectivity index (χ1) is 17.5. The SMILES string of the molecule is C=C(C)C(=O)OCC[N+](C)(C)Cc1ccccc1.CC(C(=O)[O-])c1cccc(C(=O)c2ccccc2)c1. The van der Waals surface area contributed by atoms with E-state index in [0.717, 1.165) is 17.6 Å². The Labute approximate surface area is 219 Å². The number of hydrogen-bond acceptors (Lipinski definition) is 5. The number of carboxylic acids is 1. The Hall–Kier alpha value is -4.03. The lowest BCUT2D eigenvalue weighted by molar-refractivity contribution is -0.903. The van der Waals surface area contributed by atoms with Crippen LogP contribution in [0.2, 0.25) is 0 Å². The number of ketones is 1. The summed E-state index contributed by atoms with van der Waals surface area (Å²) in [6.07, 6.45) is 0. The van der Waals surface area contributed by atoms with Gasteiger partial charge in [-0.1, -0.05) is 92.4 Å². The predicted octanol–water partition coefficient (Wildman–Crippen LogP) is 4.15. The second-order valence-corrected chi connectivity index (χ2v) is 9.58. The third-order valence-electron chi connectivity index (χ3n) is 5.77. The van der Waals surface area contributed by atoms with E-state index in [9.17, 15) is 19.5 Å². The molecular formula is C31H35NO5. The number of benzene rings is 3. The Morgan fingerprint density at radius 3 is 2.03 bits per heavy atom. The van der Waals surface area contributed by atoms with Gasteiger partial charge in [-0.2, -0.15) is 0 Å². The molecule has 3 aromatic carbocycles. The maximum Gasteiger partial charge on any atom is 0.333 e. The van der Waals surface area contributed by atoms with Gasteiger partial charge in [0.2, 0.25) is 0 Å². The summed E-state index contributed by atoms with van der Waals surface area (Å²) in [5, 5.41) is 10.9. The van der Waals surface area contributed by atoms with E-state index in [-0.39, 0.29) is 11.8 Å². The van der Waals surface area contributed by atoms with Crippen molar-refractivity contribution in [1.82, 2.24) is 0 Å². The van der Waals surface area contributed by atoms with E-state index in [0.29, 0.717) is 28.9 Å². The number of esters is 1. The van der Waals surface area contributed by atoms with Gasteiger partial charge in [0.25, 0.3) is 0 Å². The maximum atomic E-state index is 12.2. The van der Waals surface area contributed by atoms with Crippen molar-refractivity contribution < 1.29 is 28.7 Å². The van der Waals surface area contributed by atoms with Gasteiger partial charge in [0, 0.05) is 34.2 Å². The summed E-state index contributed by atoms with van der Waals surface area (Å²) in [7, 11) is 4.25. The molecule has 0 spiro atoms. The van der Waals surface area contributed by atoms with Crippen LogP contribution in [0.25, 0.3) is 0 Å². The summed E-state index contributed by atoms with van der Waals surface area (Å²) in [5.41, 5.74) is 3.37. The lowest BCUT2D eigenvalue weighted by atomic mass is 9.96. The van der Waals surface area contributed by atoms with Gasteiger partial charge in [-0.15, -0.1) is 0 Å². The van der Waals surface area contributed by atoms with Crippen molar-refractivity contribution in [3.63, 3.8) is 0 Å². The fraction of sp³-hybridized carbons (Fsp3) is 0.258. The molecule has 0 saturated heterocycles. The molecule has 6 heteroatoms. The van der Waals surface area contributed by atoms with Gasteiger partial charge in [-0.3, -0.25) is 4.79 Å². The Morgan fingerprint density at radius 2 is 1.46 bits per heavy atom. The number of carbonyl (C=O) groups excluding carboxylic acids is 3. The van der Waals surface area contributed by atoms with Crippen LogP contribution in [0.15, 0.2) is 97.1 Å². The topological polar surface area (TPSA) is 83.5 Å². The lowest BCUT2D eigenvalue weighted by Crippen LogP contribution is -2.41. The molecule has 0 N–H and O–H groups in total. The van der Waals surface area contributed by atoms with Crippen LogP contribution in [0.3, 0.4) is 0 Å². The van der Waals surface area contributed by atoms with E-state index in [4.69, 9.17) is 4.74 Å². The van der Waals surface area contributed by atoms with Crippen molar-refractivity contribution in [3.8, 4) is 0 Å². The second-order valence-electron chi connectivity index (χ2n) is 9.58. The Balaban J connectivity index is 0.000000261. The first-order valence-corrected chi connectivity index (χ1v) is 12.1. The largest absolute Gasteiger partial charge is 0.550 e. The molecule has 6 nitrogen and oxygen atoms in total. The van der Waals surface area contributed by atoms with E-state index >= 15 is 0 Å². The van der Waals surface area contributed by atoms with Gasteiger partial charge < -0.3 is 19.1 Å². The third kappa shape index (κ3) is 9.86. The number of ether oxygens (including phenoxy) is 1. The van der Waals surface area contributed by atoms with Gasteiger partial charge in [0.05, 0.1) is 14.1 Å². The minimum absolute atomic E-state index is 0.118. The molecule has 3 rings (SSSR count). The van der Waals surface area contributed by atoms with E-state index in [2.05, 4.69) is 32.8 Å². The number of nitrogens with zero attached hydrogens (tertiary/aromatic N) is 1. The van der Waals surface area contributed by atoms with Gasteiger partial charge in [0.1, 0.15) is 19.7 Å². The molecule has 3 aromatic rings. The number of rotatable bonds is 10. The van der Waals surface area contributed by atoms with Crippen LogP contribution in [-0.2, 0) is 20.9 Å². The number of carboxylic acid groups (broad SMARTS) is 1. The third-order valence-corrected chi connectivity index (χ3v) is 5.77. The van der Waals surface area contributed by atoms with Crippen LogP contribution < -0.4 is 5.11 Å². The number of hydrogen-bond donors (Lipinski definition) is 0. The molecular weight excluding hydrogens is 466 g/mol. The van der Waals surface area contributed by atoms with Crippen molar-refractivity contribution in [2.75, 3.05) is 27.2 Å². The number of aliphatic carboxylic acids is 1. The highest BCUT2D eigenvalue weighted by Gasteiger charge is 2.17. The number of carbonyl (C=O) groups is 3. The van der Waals surface area contributed by atoms with Crippen LogP contribution in [0.5, 0.6) is 0 Å². The van der Waals surface area contributed by atoms with Crippen LogP contribution >= 0.6 is 0 Å². The molecule has 0 aromatic heterocycles. The Bertz CT molecular complexity index is 1200. The average molecular weight is 502 g/mol. The minimum Gasteiger partial charge on any atom is -0.550 e. The monoisotopic (exact) mass is 501 g/mol. The standard InChI is InChI=1S/C16H14O3.C15H22NO2/c1-11(16(18)19)13-8-5-9-14(10-13)15(17)12-6-3-2-4-7-12;1-13(2)15(17)18-11-10-16(3,4)12-14-8-6-5-7-9-14/h2-11H,1H3,(H,18,19);5-9H,1,10-12H2,2-4H3/q;+1/p-1. The second kappa shape index (κ2) is 13.9. The van der Waals surface area contributed by atoms with E-state index in [1.807, 2.05) is 24.3 Å². The number of likely N-dealkylation sites (N-methyl/N-ethyl adjacent to an activating group) is 1. The summed E-state index contributed by atoms with van der Waals surface area (Å²) < 4.78 is 5.91. The molecule has 0 saturated carbocycles. The van der Waals surface area contributed by atoms with Crippen molar-refractivity contribution in [3.05, 3.63) is 119 Å². The van der Waals surface area contributed by atoms with E-state index in [1.54, 1.807) is 62.4 Å². The van der Waals surface area contributed by atoms with Crippen LogP contribution in [0.4, 0.5) is 0 Å². The van der Waals surface area contributed by atoms with Gasteiger partial charge in [-0.05, 0) is 18.6 Å². The van der Waals surface area contributed by atoms with Crippen LogP contribution in [-0.4, -0.2) is 49.5 Å². The molecule has 0 fully saturated rings. The maximum absolute atomic E-state index is 12.2. The number of quaternary nitrogens is 1. The zero-order valence-corrected chi connectivity index (χ0v) is 22.0. The van der Waals surface area contributed by atoms with Gasteiger partial charge >= 0.3 is 5.97 Å². The summed E-state index contributed by atoms with van der Waals surface area (Å²) in [5.74, 6) is -2.31. The summed E-state index contributed by atoms with van der Waals surface area (Å²) in [6, 6.07) is 25.9. The van der Waals surface area contributed by atoms with E-state index in [1.165, 1.54) is 5.56 Å². The molecule has 0 radical (unpaired) electrons. The smallest absolute Gasteiger partial charge is 0.333 e. The van der Waals surface area contributed by atoms with Crippen LogP contribution in [0.1, 0.15) is 46.8 Å². The highest BCUT2D eigenvalue weighted by Crippen LogP contribution is 2.18.